The number of carbonyl (C=O) groups is 1. The maximum Gasteiger partial charge on any atom is 0.345 e. The number of anilines is 1. The van der Waals surface area contributed by atoms with E-state index < -0.39 is 5.97 Å². The van der Waals surface area contributed by atoms with Gasteiger partial charge in [-0.2, -0.15) is 0 Å². The first-order chi connectivity index (χ1) is 8.11. The van der Waals surface area contributed by atoms with Crippen molar-refractivity contribution in [3.05, 3.63) is 34.8 Å². The van der Waals surface area contributed by atoms with Crippen LogP contribution in [0.2, 0.25) is 0 Å². The first kappa shape index (κ1) is 11.6. The highest BCUT2D eigenvalue weighted by molar-refractivity contribution is 7.17. The number of aryl methyl sites for hydroxylation is 1. The van der Waals surface area contributed by atoms with Crippen molar-refractivity contribution >= 4 is 23.0 Å². The normalized spacial score (nSPS) is 10.2. The number of hydrogen-bond acceptors (Lipinski definition) is 4. The molecule has 0 saturated heterocycles. The molecule has 17 heavy (non-hydrogen) atoms. The number of nitrogens with zero attached hydrogens (tertiary/aromatic N) is 1. The number of aromatic carboxylic acids is 1. The molecule has 2 aromatic rings. The number of hydrogen-bond donors (Lipinski definition) is 2. The minimum Gasteiger partial charge on any atom is -0.477 e. The molecule has 0 aliphatic rings. The predicted octanol–water partition coefficient (Wildman–Crippen LogP) is 2.86. The summed E-state index contributed by atoms with van der Waals surface area (Å²) in [6, 6.07) is 7.22. The Kier molecular flexibility index (Phi) is 3.10. The van der Waals surface area contributed by atoms with E-state index >= 15 is 0 Å². The van der Waals surface area contributed by atoms with Crippen LogP contribution in [0.5, 0.6) is 0 Å². The average Bonchev–Trinajstić information content (AvgIpc) is 2.78. The zero-order chi connectivity index (χ0) is 12.4. The Morgan fingerprint density at radius 2 is 2.12 bits per heavy atom. The third kappa shape index (κ3) is 2.29. The van der Waals surface area contributed by atoms with Crippen molar-refractivity contribution in [1.82, 2.24) is 4.98 Å². The van der Waals surface area contributed by atoms with Crippen LogP contribution < -0.4 is 5.32 Å². The van der Waals surface area contributed by atoms with Gasteiger partial charge < -0.3 is 10.4 Å². The van der Waals surface area contributed by atoms with Crippen LogP contribution in [-0.4, -0.2) is 23.1 Å². The summed E-state index contributed by atoms with van der Waals surface area (Å²) < 4.78 is 0. The summed E-state index contributed by atoms with van der Waals surface area (Å²) in [5, 5.41) is 11.9. The lowest BCUT2D eigenvalue weighted by Gasteiger charge is -2.05. The second-order valence-electron chi connectivity index (χ2n) is 3.55. The summed E-state index contributed by atoms with van der Waals surface area (Å²) in [6.45, 7) is 1.92. The molecule has 0 aliphatic carbocycles. The quantitative estimate of drug-likeness (QED) is 0.876. The van der Waals surface area contributed by atoms with E-state index in [9.17, 15) is 4.79 Å². The number of carboxylic acid groups (broad SMARTS) is 1. The maximum absolute atomic E-state index is 10.8. The fourth-order valence-corrected chi connectivity index (χ4v) is 2.37. The second kappa shape index (κ2) is 4.55. The van der Waals surface area contributed by atoms with Crippen molar-refractivity contribution in [1.29, 1.82) is 0 Å². The Morgan fingerprint density at radius 1 is 1.35 bits per heavy atom. The lowest BCUT2D eigenvalue weighted by Crippen LogP contribution is -1.94. The molecule has 0 fully saturated rings. The van der Waals surface area contributed by atoms with Crippen LogP contribution in [-0.2, 0) is 0 Å². The molecule has 2 aromatic heterocycles. The highest BCUT2D eigenvalue weighted by Crippen LogP contribution is 2.28. The third-order valence-corrected chi connectivity index (χ3v) is 3.52. The molecule has 0 aliphatic heterocycles. The first-order valence-electron chi connectivity index (χ1n) is 5.10. The van der Waals surface area contributed by atoms with Gasteiger partial charge in [-0.25, -0.2) is 4.79 Å². The van der Waals surface area contributed by atoms with Gasteiger partial charge in [0.1, 0.15) is 4.88 Å². The van der Waals surface area contributed by atoms with Crippen molar-refractivity contribution < 1.29 is 9.90 Å². The fourth-order valence-electron chi connectivity index (χ4n) is 1.55. The topological polar surface area (TPSA) is 62.2 Å². The largest absolute Gasteiger partial charge is 0.477 e. The fraction of sp³-hybridized carbons (Fsp3) is 0.167. The van der Waals surface area contributed by atoms with Gasteiger partial charge in [0.2, 0.25) is 0 Å². The van der Waals surface area contributed by atoms with Gasteiger partial charge >= 0.3 is 5.97 Å². The van der Waals surface area contributed by atoms with Crippen molar-refractivity contribution in [3.8, 4) is 10.6 Å². The Bertz CT molecular complexity index is 563. The second-order valence-corrected chi connectivity index (χ2v) is 4.63. The number of nitrogens with one attached hydrogen (secondary N) is 1. The SMILES string of the molecule is CNc1ccc(-c2ccc(C(=O)O)s2)nc1C. The van der Waals surface area contributed by atoms with Gasteiger partial charge in [0, 0.05) is 7.05 Å². The standard InChI is InChI=1S/C12H12N2O2S/c1-7-8(13-2)3-4-9(14-7)10-5-6-11(17-10)12(15)16/h3-6,13H,1-2H3,(H,15,16). The van der Waals surface area contributed by atoms with E-state index in [1.165, 1.54) is 11.3 Å². The number of carboxylic acids is 1. The molecule has 0 unspecified atom stereocenters. The zero-order valence-corrected chi connectivity index (χ0v) is 10.3. The van der Waals surface area contributed by atoms with Gasteiger partial charge in [0.15, 0.2) is 0 Å². The molecule has 0 radical (unpaired) electrons. The Morgan fingerprint density at radius 3 is 2.65 bits per heavy atom. The van der Waals surface area contributed by atoms with Crippen molar-refractivity contribution in [2.75, 3.05) is 12.4 Å². The molecule has 5 heteroatoms. The number of rotatable bonds is 3. The van der Waals surface area contributed by atoms with Crippen LogP contribution in [0.3, 0.4) is 0 Å². The van der Waals surface area contributed by atoms with E-state index in [0.29, 0.717) is 4.88 Å². The predicted molar refractivity (Wildman–Crippen MR) is 68.8 cm³/mol. The van der Waals surface area contributed by atoms with E-state index in [2.05, 4.69) is 10.3 Å². The number of thiophene rings is 1. The highest BCUT2D eigenvalue weighted by Gasteiger charge is 2.10. The molecule has 0 atom stereocenters. The van der Waals surface area contributed by atoms with Crippen LogP contribution in [0, 0.1) is 6.92 Å². The monoisotopic (exact) mass is 248 g/mol. The van der Waals surface area contributed by atoms with Crippen molar-refractivity contribution in [3.63, 3.8) is 0 Å². The molecule has 0 aromatic carbocycles. The Balaban J connectivity index is 2.39. The van der Waals surface area contributed by atoms with Crippen LogP contribution in [0.25, 0.3) is 10.6 Å². The summed E-state index contributed by atoms with van der Waals surface area (Å²) in [4.78, 5) is 16.4. The molecule has 88 valence electrons. The van der Waals surface area contributed by atoms with E-state index in [1.807, 2.05) is 26.1 Å². The van der Waals surface area contributed by atoms with E-state index in [0.717, 1.165) is 22.0 Å². The zero-order valence-electron chi connectivity index (χ0n) is 9.52. The van der Waals surface area contributed by atoms with Crippen LogP contribution in [0.15, 0.2) is 24.3 Å². The van der Waals surface area contributed by atoms with E-state index in [4.69, 9.17) is 5.11 Å². The van der Waals surface area contributed by atoms with E-state index in [-0.39, 0.29) is 0 Å². The maximum atomic E-state index is 10.8. The van der Waals surface area contributed by atoms with Gasteiger partial charge in [-0.05, 0) is 31.2 Å². The lowest BCUT2D eigenvalue weighted by atomic mass is 10.2. The van der Waals surface area contributed by atoms with Gasteiger partial charge in [-0.15, -0.1) is 11.3 Å². The Hall–Kier alpha value is -1.88. The minimum absolute atomic E-state index is 0.331. The Labute approximate surface area is 103 Å². The molecule has 0 bridgehead atoms. The van der Waals surface area contributed by atoms with Gasteiger partial charge in [0.25, 0.3) is 0 Å². The van der Waals surface area contributed by atoms with Crippen molar-refractivity contribution in [2.45, 2.75) is 6.92 Å². The summed E-state index contributed by atoms with van der Waals surface area (Å²) in [5.74, 6) is -0.898. The molecule has 0 amide bonds. The lowest BCUT2D eigenvalue weighted by molar-refractivity contribution is 0.0702. The number of aromatic nitrogens is 1. The van der Waals surface area contributed by atoms with Crippen LogP contribution in [0.4, 0.5) is 5.69 Å². The van der Waals surface area contributed by atoms with Gasteiger partial charge in [-0.1, -0.05) is 0 Å². The minimum atomic E-state index is -0.898. The molecular weight excluding hydrogens is 236 g/mol. The van der Waals surface area contributed by atoms with E-state index in [1.54, 1.807) is 12.1 Å². The summed E-state index contributed by atoms with van der Waals surface area (Å²) in [7, 11) is 1.84. The van der Waals surface area contributed by atoms with Crippen LogP contribution >= 0.6 is 11.3 Å². The molecule has 2 rings (SSSR count). The van der Waals surface area contributed by atoms with Gasteiger partial charge in [-0.3, -0.25) is 4.98 Å². The van der Waals surface area contributed by atoms with Gasteiger partial charge in [0.05, 0.1) is 22.0 Å². The smallest absolute Gasteiger partial charge is 0.345 e. The molecule has 2 heterocycles. The highest BCUT2D eigenvalue weighted by atomic mass is 32.1. The van der Waals surface area contributed by atoms with Crippen molar-refractivity contribution in [2.24, 2.45) is 0 Å². The molecule has 4 nitrogen and oxygen atoms in total. The summed E-state index contributed by atoms with van der Waals surface area (Å²) >= 11 is 1.23. The van der Waals surface area contributed by atoms with Crippen LogP contribution in [0.1, 0.15) is 15.4 Å². The third-order valence-electron chi connectivity index (χ3n) is 2.42. The molecule has 0 saturated carbocycles. The average molecular weight is 248 g/mol. The number of pyridine rings is 1. The molecule has 2 N–H and O–H groups in total. The molecule has 0 spiro atoms. The summed E-state index contributed by atoms with van der Waals surface area (Å²) in [6.07, 6.45) is 0. The first-order valence-corrected chi connectivity index (χ1v) is 5.92. The summed E-state index contributed by atoms with van der Waals surface area (Å²) in [5.41, 5.74) is 2.68. The molecular formula is C12H12N2O2S.